The van der Waals surface area contributed by atoms with Crippen LogP contribution < -0.4 is 20.9 Å². The van der Waals surface area contributed by atoms with Crippen molar-refractivity contribution < 1.29 is 14.4 Å². The third-order valence-corrected chi connectivity index (χ3v) is 9.22. The number of urea groups is 1. The number of hydrogen-bond acceptors (Lipinski definition) is 5. The smallest absolute Gasteiger partial charge is 0.320 e. The topological polar surface area (TPSA) is 90.5 Å². The number of aryl methyl sites for hydroxylation is 2. The van der Waals surface area contributed by atoms with E-state index in [9.17, 15) is 14.4 Å². The van der Waals surface area contributed by atoms with Crippen LogP contribution in [0.25, 0.3) is 0 Å². The van der Waals surface area contributed by atoms with Crippen LogP contribution in [-0.4, -0.2) is 40.5 Å². The van der Waals surface area contributed by atoms with Crippen molar-refractivity contribution in [2.75, 3.05) is 33.6 Å². The van der Waals surface area contributed by atoms with Gasteiger partial charge in [0, 0.05) is 29.2 Å². The second kappa shape index (κ2) is 13.3. The highest BCUT2D eigenvalue weighted by Crippen LogP contribution is 2.44. The molecular formula is C31H36N4O3S2. The molecule has 4 rings (SSSR count). The molecule has 0 saturated heterocycles. The van der Waals surface area contributed by atoms with Gasteiger partial charge in [-0.2, -0.15) is 0 Å². The Labute approximate surface area is 244 Å². The normalized spacial score (nSPS) is 16.1. The maximum Gasteiger partial charge on any atom is 0.320 e. The Kier molecular flexibility index (Phi) is 9.81. The number of carbonyl (C=O) groups is 3. The Bertz CT molecular complexity index is 1280. The van der Waals surface area contributed by atoms with Gasteiger partial charge < -0.3 is 20.9 Å². The van der Waals surface area contributed by atoms with Crippen molar-refractivity contribution in [3.8, 4) is 0 Å². The molecule has 3 aromatic carbocycles. The number of nitrogens with zero attached hydrogens (tertiary/aromatic N) is 1. The maximum atomic E-state index is 14.4. The number of thioether (sulfide) groups is 2. The largest absolute Gasteiger partial charge is 0.326 e. The monoisotopic (exact) mass is 576 g/mol. The predicted molar refractivity (Wildman–Crippen MR) is 168 cm³/mol. The number of nitrogens with one attached hydrogen (secondary N) is 3. The van der Waals surface area contributed by atoms with Crippen LogP contribution in [0.4, 0.5) is 21.9 Å². The van der Waals surface area contributed by atoms with Crippen LogP contribution in [0.5, 0.6) is 0 Å². The van der Waals surface area contributed by atoms with E-state index in [1.807, 2.05) is 74.5 Å². The predicted octanol–water partition coefficient (Wildman–Crippen LogP) is 6.53. The van der Waals surface area contributed by atoms with Crippen molar-refractivity contribution >= 4 is 58.4 Å². The van der Waals surface area contributed by atoms with E-state index in [2.05, 4.69) is 29.8 Å². The van der Waals surface area contributed by atoms with Gasteiger partial charge in [-0.05, 0) is 55.7 Å². The van der Waals surface area contributed by atoms with E-state index in [0.29, 0.717) is 29.2 Å². The van der Waals surface area contributed by atoms with Crippen molar-refractivity contribution in [3.63, 3.8) is 0 Å². The molecule has 7 nitrogen and oxygen atoms in total. The summed E-state index contributed by atoms with van der Waals surface area (Å²) in [7, 11) is 0. The summed E-state index contributed by atoms with van der Waals surface area (Å²) in [5.74, 6) is 1.16. The lowest BCUT2D eigenvalue weighted by atomic mass is 9.87. The molecule has 0 saturated carbocycles. The summed E-state index contributed by atoms with van der Waals surface area (Å²) in [5.41, 5.74) is 3.11. The van der Waals surface area contributed by atoms with Gasteiger partial charge in [-0.1, -0.05) is 67.4 Å². The first-order valence-electron chi connectivity index (χ1n) is 13.4. The highest BCUT2D eigenvalue weighted by Gasteiger charge is 2.53. The fraction of sp³-hybridized carbons (Fsp3) is 0.323. The zero-order valence-corrected chi connectivity index (χ0v) is 25.0. The highest BCUT2D eigenvalue weighted by atomic mass is 32.2. The highest BCUT2D eigenvalue weighted by molar-refractivity contribution is 8.17. The average Bonchev–Trinajstić information content (AvgIpc) is 3.14. The van der Waals surface area contributed by atoms with Gasteiger partial charge in [-0.15, -0.1) is 23.5 Å². The molecule has 1 atom stereocenters. The Hall–Kier alpha value is -3.43. The van der Waals surface area contributed by atoms with Gasteiger partial charge in [0.25, 0.3) is 5.91 Å². The van der Waals surface area contributed by atoms with Gasteiger partial charge in [-0.25, -0.2) is 4.79 Å². The summed E-state index contributed by atoms with van der Waals surface area (Å²) < 4.78 is 0.158. The van der Waals surface area contributed by atoms with Crippen LogP contribution in [0.15, 0.2) is 72.8 Å². The minimum Gasteiger partial charge on any atom is -0.326 e. The summed E-state index contributed by atoms with van der Waals surface area (Å²) in [6.45, 7) is 8.61. The van der Waals surface area contributed by atoms with E-state index in [1.165, 1.54) is 0 Å². The van der Waals surface area contributed by atoms with Gasteiger partial charge in [0.2, 0.25) is 5.91 Å². The van der Waals surface area contributed by atoms with Crippen LogP contribution in [0.3, 0.4) is 0 Å². The first kappa shape index (κ1) is 29.6. The number of benzene rings is 3. The van der Waals surface area contributed by atoms with Crippen molar-refractivity contribution in [2.24, 2.45) is 0 Å². The lowest BCUT2D eigenvalue weighted by Crippen LogP contribution is -2.56. The lowest BCUT2D eigenvalue weighted by molar-refractivity contribution is -0.128. The van der Waals surface area contributed by atoms with Gasteiger partial charge in [0.1, 0.15) is 0 Å². The third-order valence-electron chi connectivity index (χ3n) is 6.70. The van der Waals surface area contributed by atoms with E-state index >= 15 is 0 Å². The molecule has 1 aliphatic heterocycles. The van der Waals surface area contributed by atoms with E-state index in [0.717, 1.165) is 22.6 Å². The van der Waals surface area contributed by atoms with Crippen LogP contribution in [0.2, 0.25) is 0 Å². The molecule has 0 bridgehead atoms. The van der Waals surface area contributed by atoms with Gasteiger partial charge >= 0.3 is 6.03 Å². The first-order chi connectivity index (χ1) is 19.3. The molecule has 40 heavy (non-hydrogen) atoms. The molecule has 0 fully saturated rings. The summed E-state index contributed by atoms with van der Waals surface area (Å²) in [4.78, 5) is 43.0. The van der Waals surface area contributed by atoms with E-state index in [1.54, 1.807) is 40.6 Å². The number of carbonyl (C=O) groups excluding carboxylic acids is 3. The molecule has 1 heterocycles. The van der Waals surface area contributed by atoms with E-state index in [-0.39, 0.29) is 22.8 Å². The van der Waals surface area contributed by atoms with Gasteiger partial charge in [0.05, 0.1) is 11.0 Å². The zero-order chi connectivity index (χ0) is 28.7. The molecule has 1 unspecified atom stereocenters. The Morgan fingerprint density at radius 2 is 1.38 bits per heavy atom. The van der Waals surface area contributed by atoms with Crippen molar-refractivity contribution in [1.82, 2.24) is 5.32 Å². The first-order valence-corrected chi connectivity index (χ1v) is 15.5. The Morgan fingerprint density at radius 1 is 0.825 bits per heavy atom. The minimum atomic E-state index is -1.57. The van der Waals surface area contributed by atoms with Crippen LogP contribution in [0, 0.1) is 13.8 Å². The number of hydrogen-bond donors (Lipinski definition) is 3. The molecule has 0 aromatic heterocycles. The minimum absolute atomic E-state index is 0.158. The van der Waals surface area contributed by atoms with E-state index < -0.39 is 11.6 Å². The van der Waals surface area contributed by atoms with Gasteiger partial charge in [0.15, 0.2) is 5.54 Å². The summed E-state index contributed by atoms with van der Waals surface area (Å²) in [6.07, 6.45) is -0.249. The quantitative estimate of drug-likeness (QED) is 0.226. The molecular weight excluding hydrogens is 541 g/mol. The summed E-state index contributed by atoms with van der Waals surface area (Å²) in [6, 6.07) is 21.7. The third kappa shape index (κ3) is 6.82. The molecule has 9 heteroatoms. The van der Waals surface area contributed by atoms with Gasteiger partial charge in [-0.3, -0.25) is 9.59 Å². The fourth-order valence-electron chi connectivity index (χ4n) is 4.79. The second-order valence-corrected chi connectivity index (χ2v) is 13.0. The summed E-state index contributed by atoms with van der Waals surface area (Å²) in [5, 5.41) is 8.68. The molecule has 3 N–H and O–H groups in total. The standard InChI is InChI=1S/C31H36N4O3S2/c1-5-39-28(40-6-2)20-35-26-10-8-7-9-25(26)31(29(35)37,19-27(36)32-23-15-11-21(3)12-16-23)34-30(38)33-24-17-13-22(4)14-18-24/h7-18,28H,5-6,19-20H2,1-4H3,(H,32,36)(H2,33,34,38). The molecule has 3 aromatic rings. The molecule has 4 amide bonds. The van der Waals surface area contributed by atoms with Crippen molar-refractivity contribution in [2.45, 2.75) is 44.2 Å². The number of fused-ring (bicyclic) bond motifs is 1. The Morgan fingerprint density at radius 3 is 1.95 bits per heavy atom. The summed E-state index contributed by atoms with van der Waals surface area (Å²) >= 11 is 3.58. The second-order valence-electron chi connectivity index (χ2n) is 9.71. The lowest BCUT2D eigenvalue weighted by Gasteiger charge is -2.30. The van der Waals surface area contributed by atoms with Crippen LogP contribution in [0.1, 0.15) is 37.0 Å². The fourth-order valence-corrected chi connectivity index (χ4v) is 7.25. The molecule has 1 aliphatic rings. The van der Waals surface area contributed by atoms with E-state index in [4.69, 9.17) is 0 Å². The van der Waals surface area contributed by atoms with Crippen molar-refractivity contribution in [3.05, 3.63) is 89.5 Å². The maximum absolute atomic E-state index is 14.4. The average molecular weight is 577 g/mol. The van der Waals surface area contributed by atoms with Crippen LogP contribution >= 0.6 is 23.5 Å². The number of anilines is 3. The number of para-hydroxylation sites is 1. The SMILES string of the molecule is CCSC(CN1C(=O)C(CC(=O)Nc2ccc(C)cc2)(NC(=O)Nc2ccc(C)cc2)c2ccccc21)SCC. The number of amides is 4. The molecule has 0 aliphatic carbocycles. The zero-order valence-electron chi connectivity index (χ0n) is 23.3. The molecule has 0 spiro atoms. The molecule has 210 valence electrons. The van der Waals surface area contributed by atoms with Crippen LogP contribution in [-0.2, 0) is 15.1 Å². The molecule has 0 radical (unpaired) electrons. The number of rotatable bonds is 11. The Balaban J connectivity index is 1.69. The van der Waals surface area contributed by atoms with Crippen molar-refractivity contribution in [1.29, 1.82) is 0 Å².